The normalized spacial score (nSPS) is 41.7. The first-order valence-corrected chi connectivity index (χ1v) is 12.6. The number of hydrogen-bond donors (Lipinski definition) is 0. The molecule has 1 aromatic rings. The molecule has 5 nitrogen and oxygen atoms in total. The van der Waals surface area contributed by atoms with Crippen molar-refractivity contribution in [3.8, 4) is 0 Å². The molecule has 0 amide bonds. The highest BCUT2D eigenvalue weighted by Gasteiger charge is 2.69. The molecule has 0 aromatic heterocycles. The SMILES string of the molecule is C=C1CCC[C@H]2[C@@]1(C)[C@@H](OC(=O)/C=C/c1ccccc1)C[C@]1(C)O[C@]3(CC[C@@]21C)COC(=O)C3. The number of esters is 2. The van der Waals surface area contributed by atoms with E-state index in [9.17, 15) is 9.59 Å². The van der Waals surface area contributed by atoms with Crippen molar-refractivity contribution < 1.29 is 23.8 Å². The first-order valence-electron chi connectivity index (χ1n) is 12.6. The zero-order chi connectivity index (χ0) is 24.2. The third kappa shape index (κ3) is 3.55. The van der Waals surface area contributed by atoms with Crippen molar-refractivity contribution >= 4 is 18.0 Å². The third-order valence-electron chi connectivity index (χ3n) is 9.65. The van der Waals surface area contributed by atoms with Crippen LogP contribution in [0, 0.1) is 16.7 Å². The molecule has 4 aliphatic rings. The quantitative estimate of drug-likeness (QED) is 0.329. The van der Waals surface area contributed by atoms with Crippen molar-refractivity contribution in [2.75, 3.05) is 6.61 Å². The van der Waals surface area contributed by atoms with Gasteiger partial charge in [0.15, 0.2) is 0 Å². The number of rotatable bonds is 3. The van der Waals surface area contributed by atoms with Gasteiger partial charge in [-0.05, 0) is 56.6 Å². The van der Waals surface area contributed by atoms with Gasteiger partial charge in [-0.2, -0.15) is 0 Å². The van der Waals surface area contributed by atoms with Crippen LogP contribution in [0.4, 0.5) is 0 Å². The summed E-state index contributed by atoms with van der Waals surface area (Å²) >= 11 is 0. The molecule has 1 spiro atoms. The van der Waals surface area contributed by atoms with Crippen LogP contribution in [0.15, 0.2) is 48.6 Å². The van der Waals surface area contributed by atoms with Crippen molar-refractivity contribution in [2.24, 2.45) is 16.7 Å². The minimum Gasteiger partial charge on any atom is -0.463 e. The van der Waals surface area contributed by atoms with E-state index in [4.69, 9.17) is 14.2 Å². The number of carbonyl (C=O) groups is 2. The molecule has 4 fully saturated rings. The van der Waals surface area contributed by atoms with E-state index in [1.54, 1.807) is 6.08 Å². The van der Waals surface area contributed by atoms with Crippen molar-refractivity contribution in [3.05, 3.63) is 54.1 Å². The van der Waals surface area contributed by atoms with Gasteiger partial charge >= 0.3 is 11.9 Å². The number of carbonyl (C=O) groups excluding carboxylic acids is 2. The van der Waals surface area contributed by atoms with E-state index in [1.165, 1.54) is 11.6 Å². The first-order chi connectivity index (χ1) is 16.1. The van der Waals surface area contributed by atoms with E-state index in [-0.39, 0.29) is 34.8 Å². The molecule has 5 heteroatoms. The lowest BCUT2D eigenvalue weighted by molar-refractivity contribution is -0.303. The number of benzene rings is 1. The molecular formula is C29H36O5. The molecule has 0 N–H and O–H groups in total. The molecule has 5 rings (SSSR count). The number of ether oxygens (including phenoxy) is 3. The van der Waals surface area contributed by atoms with E-state index in [2.05, 4.69) is 27.4 Å². The smallest absolute Gasteiger partial charge is 0.331 e. The van der Waals surface area contributed by atoms with Crippen LogP contribution in [0.1, 0.15) is 71.3 Å². The fourth-order valence-corrected chi connectivity index (χ4v) is 7.42. The molecule has 0 bridgehead atoms. The fourth-order valence-electron chi connectivity index (χ4n) is 7.42. The monoisotopic (exact) mass is 464 g/mol. The van der Waals surface area contributed by atoms with Crippen LogP contribution in [0.3, 0.4) is 0 Å². The summed E-state index contributed by atoms with van der Waals surface area (Å²) in [6.45, 7) is 11.5. The molecule has 2 aliphatic carbocycles. The van der Waals surface area contributed by atoms with Gasteiger partial charge in [-0.1, -0.05) is 56.3 Å². The second kappa shape index (κ2) is 8.08. The Hall–Kier alpha value is -2.40. The van der Waals surface area contributed by atoms with Gasteiger partial charge in [0.05, 0.1) is 12.0 Å². The van der Waals surface area contributed by atoms with Gasteiger partial charge in [-0.3, -0.25) is 4.79 Å². The lowest BCUT2D eigenvalue weighted by atomic mass is 9.42. The summed E-state index contributed by atoms with van der Waals surface area (Å²) in [7, 11) is 0. The predicted octanol–water partition coefficient (Wildman–Crippen LogP) is 5.64. The Morgan fingerprint density at radius 3 is 2.65 bits per heavy atom. The maximum absolute atomic E-state index is 13.0. The lowest BCUT2D eigenvalue weighted by Crippen LogP contribution is -2.70. The predicted molar refractivity (Wildman–Crippen MR) is 130 cm³/mol. The first kappa shape index (κ1) is 23.3. The average molecular weight is 465 g/mol. The van der Waals surface area contributed by atoms with Crippen molar-refractivity contribution in [1.29, 1.82) is 0 Å². The summed E-state index contributed by atoms with van der Waals surface area (Å²) in [5, 5.41) is 0. The van der Waals surface area contributed by atoms with Gasteiger partial charge in [-0.15, -0.1) is 0 Å². The molecule has 0 radical (unpaired) electrons. The van der Waals surface area contributed by atoms with E-state index in [0.29, 0.717) is 19.4 Å². The van der Waals surface area contributed by atoms with Gasteiger partial charge in [0.25, 0.3) is 0 Å². The molecular weight excluding hydrogens is 428 g/mol. The maximum Gasteiger partial charge on any atom is 0.331 e. The molecule has 2 saturated heterocycles. The Balaban J connectivity index is 1.46. The molecule has 1 aromatic carbocycles. The van der Waals surface area contributed by atoms with Crippen LogP contribution in [-0.4, -0.2) is 35.9 Å². The Morgan fingerprint density at radius 1 is 1.18 bits per heavy atom. The number of fused-ring (bicyclic) bond motifs is 3. The molecule has 2 saturated carbocycles. The molecule has 182 valence electrons. The highest BCUT2D eigenvalue weighted by Crippen LogP contribution is 2.68. The van der Waals surface area contributed by atoms with Crippen LogP contribution < -0.4 is 0 Å². The zero-order valence-corrected chi connectivity index (χ0v) is 20.6. The van der Waals surface area contributed by atoms with E-state index in [0.717, 1.165) is 37.7 Å². The largest absolute Gasteiger partial charge is 0.463 e. The molecule has 2 heterocycles. The summed E-state index contributed by atoms with van der Waals surface area (Å²) < 4.78 is 18.4. The van der Waals surface area contributed by atoms with Gasteiger partial charge in [0.1, 0.15) is 18.3 Å². The maximum atomic E-state index is 13.0. The van der Waals surface area contributed by atoms with Crippen molar-refractivity contribution in [2.45, 2.75) is 83.0 Å². The fraction of sp³-hybridized carbons (Fsp3) is 0.586. The van der Waals surface area contributed by atoms with Gasteiger partial charge in [0, 0.05) is 23.3 Å². The van der Waals surface area contributed by atoms with Crippen LogP contribution in [0.2, 0.25) is 0 Å². The van der Waals surface area contributed by atoms with E-state index < -0.39 is 11.2 Å². The standard InChI is InChI=1S/C29H36O5/c1-20-9-8-12-22-26(2)15-16-29(18-25(31)32-19-29)34-27(26,3)17-23(28(20,22)4)33-24(30)14-13-21-10-6-5-7-11-21/h5-7,10-11,13-14,22-23H,1,8-9,12,15-19H2,2-4H3/b14-13+/t22-,23+,26+,27+,28+,29+/m1/s1. The number of hydrogen-bond acceptors (Lipinski definition) is 5. The molecule has 2 aliphatic heterocycles. The summed E-state index contributed by atoms with van der Waals surface area (Å²) in [4.78, 5) is 25.0. The number of cyclic esters (lactones) is 1. The van der Waals surface area contributed by atoms with E-state index in [1.807, 2.05) is 30.3 Å². The summed E-state index contributed by atoms with van der Waals surface area (Å²) in [6.07, 6.45) is 8.73. The second-order valence-electron chi connectivity index (χ2n) is 11.5. The minimum absolute atomic E-state index is 0.106. The van der Waals surface area contributed by atoms with Crippen LogP contribution in [0.5, 0.6) is 0 Å². The average Bonchev–Trinajstić information content (AvgIpc) is 3.16. The zero-order valence-electron chi connectivity index (χ0n) is 20.6. The third-order valence-corrected chi connectivity index (χ3v) is 9.65. The van der Waals surface area contributed by atoms with Gasteiger partial charge < -0.3 is 14.2 Å². The summed E-state index contributed by atoms with van der Waals surface area (Å²) in [5.41, 5.74) is 0.624. The Bertz CT molecular complexity index is 1030. The molecule has 34 heavy (non-hydrogen) atoms. The van der Waals surface area contributed by atoms with Crippen LogP contribution in [-0.2, 0) is 23.8 Å². The van der Waals surface area contributed by atoms with Crippen LogP contribution >= 0.6 is 0 Å². The Kier molecular flexibility index (Phi) is 5.55. The Labute approximate surface area is 202 Å². The Morgan fingerprint density at radius 2 is 1.94 bits per heavy atom. The molecule has 6 atom stereocenters. The second-order valence-corrected chi connectivity index (χ2v) is 11.5. The van der Waals surface area contributed by atoms with Crippen molar-refractivity contribution in [1.82, 2.24) is 0 Å². The van der Waals surface area contributed by atoms with Crippen molar-refractivity contribution in [3.63, 3.8) is 0 Å². The topological polar surface area (TPSA) is 61.8 Å². The van der Waals surface area contributed by atoms with Gasteiger partial charge in [-0.25, -0.2) is 4.79 Å². The van der Waals surface area contributed by atoms with E-state index >= 15 is 0 Å². The summed E-state index contributed by atoms with van der Waals surface area (Å²) in [5.74, 6) is -0.247. The summed E-state index contributed by atoms with van der Waals surface area (Å²) in [6, 6.07) is 9.75. The molecule has 0 unspecified atom stereocenters. The van der Waals surface area contributed by atoms with Crippen LogP contribution in [0.25, 0.3) is 6.08 Å². The van der Waals surface area contributed by atoms with Gasteiger partial charge in [0.2, 0.25) is 0 Å². The lowest BCUT2D eigenvalue weighted by Gasteiger charge is -2.68. The highest BCUT2D eigenvalue weighted by atomic mass is 16.6. The minimum atomic E-state index is -0.563. The highest BCUT2D eigenvalue weighted by molar-refractivity contribution is 5.87.